The Morgan fingerprint density at radius 2 is 1.95 bits per heavy atom. The predicted octanol–water partition coefficient (Wildman–Crippen LogP) is 1.37. The van der Waals surface area contributed by atoms with Crippen molar-refractivity contribution >= 4 is 11.9 Å². The molecule has 2 saturated heterocycles. The van der Waals surface area contributed by atoms with Crippen LogP contribution in [0, 0.1) is 17.8 Å². The summed E-state index contributed by atoms with van der Waals surface area (Å²) in [7, 11) is 0. The highest BCUT2D eigenvalue weighted by Crippen LogP contribution is 2.25. The first-order valence-corrected chi connectivity index (χ1v) is 7.16. The van der Waals surface area contributed by atoms with Crippen LogP contribution in [-0.2, 0) is 14.3 Å². The Bertz CT molecular complexity index is 338. The third kappa shape index (κ3) is 3.69. The van der Waals surface area contributed by atoms with Gasteiger partial charge in [-0.2, -0.15) is 0 Å². The van der Waals surface area contributed by atoms with Crippen LogP contribution in [0.5, 0.6) is 0 Å². The molecule has 1 amide bonds. The van der Waals surface area contributed by atoms with Crippen LogP contribution in [0.2, 0.25) is 0 Å². The molecule has 0 unspecified atom stereocenters. The highest BCUT2D eigenvalue weighted by Gasteiger charge is 2.36. The van der Waals surface area contributed by atoms with E-state index in [-0.39, 0.29) is 11.8 Å². The fraction of sp³-hybridized carbons (Fsp3) is 0.857. The second-order valence-electron chi connectivity index (χ2n) is 5.82. The number of carboxylic acids is 1. The van der Waals surface area contributed by atoms with Gasteiger partial charge in [0.05, 0.1) is 5.92 Å². The van der Waals surface area contributed by atoms with Crippen LogP contribution in [0.4, 0.5) is 0 Å². The van der Waals surface area contributed by atoms with Crippen molar-refractivity contribution in [2.24, 2.45) is 17.8 Å². The smallest absolute Gasteiger partial charge is 0.308 e. The minimum Gasteiger partial charge on any atom is -0.481 e. The number of carbonyl (C=O) groups is 2. The minimum atomic E-state index is -0.785. The summed E-state index contributed by atoms with van der Waals surface area (Å²) in [6.45, 7) is 4.48. The molecule has 2 fully saturated rings. The summed E-state index contributed by atoms with van der Waals surface area (Å²) >= 11 is 0. The highest BCUT2D eigenvalue weighted by atomic mass is 16.5. The molecule has 0 bridgehead atoms. The summed E-state index contributed by atoms with van der Waals surface area (Å²) in [5.41, 5.74) is 0. The Labute approximate surface area is 113 Å². The van der Waals surface area contributed by atoms with E-state index in [9.17, 15) is 9.59 Å². The van der Waals surface area contributed by atoms with Crippen molar-refractivity contribution in [3.63, 3.8) is 0 Å². The lowest BCUT2D eigenvalue weighted by atomic mass is 9.95. The lowest BCUT2D eigenvalue weighted by molar-refractivity contribution is -0.142. The number of ether oxygens (including phenoxy) is 1. The molecule has 2 heterocycles. The van der Waals surface area contributed by atoms with E-state index in [4.69, 9.17) is 9.84 Å². The summed E-state index contributed by atoms with van der Waals surface area (Å²) in [6.07, 6.45) is 3.54. The van der Waals surface area contributed by atoms with Gasteiger partial charge in [-0.3, -0.25) is 9.59 Å². The van der Waals surface area contributed by atoms with E-state index in [1.165, 1.54) is 0 Å². The van der Waals surface area contributed by atoms with Crippen LogP contribution >= 0.6 is 0 Å². The van der Waals surface area contributed by atoms with Crippen molar-refractivity contribution in [3.05, 3.63) is 0 Å². The molecule has 5 heteroatoms. The van der Waals surface area contributed by atoms with Crippen molar-refractivity contribution in [1.29, 1.82) is 0 Å². The van der Waals surface area contributed by atoms with Crippen molar-refractivity contribution in [2.75, 3.05) is 26.3 Å². The molecule has 1 N–H and O–H groups in total. The van der Waals surface area contributed by atoms with E-state index >= 15 is 0 Å². The Hall–Kier alpha value is -1.10. The Morgan fingerprint density at radius 1 is 1.26 bits per heavy atom. The lowest BCUT2D eigenvalue weighted by Crippen LogP contribution is -2.30. The predicted molar refractivity (Wildman–Crippen MR) is 69.6 cm³/mol. The highest BCUT2D eigenvalue weighted by molar-refractivity contribution is 5.79. The Morgan fingerprint density at radius 3 is 2.53 bits per heavy atom. The Balaban J connectivity index is 1.76. The van der Waals surface area contributed by atoms with Gasteiger partial charge in [-0.15, -0.1) is 0 Å². The summed E-state index contributed by atoms with van der Waals surface area (Å²) < 4.78 is 5.30. The summed E-state index contributed by atoms with van der Waals surface area (Å²) in [5, 5.41) is 9.07. The molecule has 0 spiro atoms. The maximum atomic E-state index is 12.1. The monoisotopic (exact) mass is 269 g/mol. The molecule has 2 rings (SSSR count). The molecule has 0 aromatic carbocycles. The van der Waals surface area contributed by atoms with E-state index in [1.54, 1.807) is 4.90 Å². The number of amides is 1. The van der Waals surface area contributed by atoms with E-state index in [0.29, 0.717) is 25.4 Å². The first-order chi connectivity index (χ1) is 9.08. The fourth-order valence-electron chi connectivity index (χ4n) is 3.01. The molecule has 2 aliphatic heterocycles. The van der Waals surface area contributed by atoms with Gasteiger partial charge in [-0.1, -0.05) is 6.92 Å². The number of aliphatic carboxylic acids is 1. The number of rotatable bonds is 4. The molecular formula is C14H23NO4. The van der Waals surface area contributed by atoms with Crippen molar-refractivity contribution in [1.82, 2.24) is 4.90 Å². The molecule has 0 aliphatic carbocycles. The average Bonchev–Trinajstić information content (AvgIpc) is 2.79. The molecule has 2 atom stereocenters. The largest absolute Gasteiger partial charge is 0.481 e. The molecule has 0 radical (unpaired) electrons. The molecule has 19 heavy (non-hydrogen) atoms. The van der Waals surface area contributed by atoms with E-state index < -0.39 is 11.9 Å². The van der Waals surface area contributed by atoms with Crippen molar-refractivity contribution < 1.29 is 19.4 Å². The SMILES string of the molecule is C[C@@H]1CN(C(=O)CCC2CCOCC2)C[C@H]1C(=O)O. The lowest BCUT2D eigenvalue weighted by Gasteiger charge is -2.23. The molecule has 0 saturated carbocycles. The fourth-order valence-corrected chi connectivity index (χ4v) is 3.01. The average molecular weight is 269 g/mol. The van der Waals surface area contributed by atoms with E-state index in [1.807, 2.05) is 6.92 Å². The quantitative estimate of drug-likeness (QED) is 0.837. The van der Waals surface area contributed by atoms with Crippen LogP contribution in [0.25, 0.3) is 0 Å². The molecule has 0 aromatic rings. The summed E-state index contributed by atoms with van der Waals surface area (Å²) in [6, 6.07) is 0. The van der Waals surface area contributed by atoms with Gasteiger partial charge in [0, 0.05) is 32.7 Å². The Kier molecular flexibility index (Phi) is 4.80. The zero-order valence-electron chi connectivity index (χ0n) is 11.5. The standard InChI is InChI=1S/C14H23NO4/c1-10-8-15(9-12(10)14(17)18)13(16)3-2-11-4-6-19-7-5-11/h10-12H,2-9H2,1H3,(H,17,18)/t10-,12-/m1/s1. The number of hydrogen-bond donors (Lipinski definition) is 1. The molecule has 108 valence electrons. The molecule has 0 aromatic heterocycles. The maximum Gasteiger partial charge on any atom is 0.308 e. The van der Waals surface area contributed by atoms with Crippen LogP contribution in [-0.4, -0.2) is 48.2 Å². The minimum absolute atomic E-state index is 0.0598. The van der Waals surface area contributed by atoms with Gasteiger partial charge >= 0.3 is 5.97 Å². The van der Waals surface area contributed by atoms with Crippen LogP contribution < -0.4 is 0 Å². The van der Waals surface area contributed by atoms with Gasteiger partial charge in [0.1, 0.15) is 0 Å². The summed E-state index contributed by atoms with van der Waals surface area (Å²) in [5.74, 6) is -0.418. The first-order valence-electron chi connectivity index (χ1n) is 7.16. The van der Waals surface area contributed by atoms with Crippen molar-refractivity contribution in [2.45, 2.75) is 32.6 Å². The third-order valence-electron chi connectivity index (χ3n) is 4.39. The third-order valence-corrected chi connectivity index (χ3v) is 4.39. The van der Waals surface area contributed by atoms with E-state index in [2.05, 4.69) is 0 Å². The molecule has 5 nitrogen and oxygen atoms in total. The van der Waals surface area contributed by atoms with Crippen LogP contribution in [0.1, 0.15) is 32.6 Å². The van der Waals surface area contributed by atoms with Crippen LogP contribution in [0.3, 0.4) is 0 Å². The number of nitrogens with zero attached hydrogens (tertiary/aromatic N) is 1. The number of likely N-dealkylation sites (tertiary alicyclic amines) is 1. The van der Waals surface area contributed by atoms with Gasteiger partial charge in [-0.25, -0.2) is 0 Å². The van der Waals surface area contributed by atoms with Gasteiger partial charge in [0.25, 0.3) is 0 Å². The second kappa shape index (κ2) is 6.37. The normalized spacial score (nSPS) is 28.6. The molecule has 2 aliphatic rings. The van der Waals surface area contributed by atoms with Crippen molar-refractivity contribution in [3.8, 4) is 0 Å². The maximum absolute atomic E-state index is 12.1. The van der Waals surface area contributed by atoms with Gasteiger partial charge in [0.2, 0.25) is 5.91 Å². The van der Waals surface area contributed by atoms with Crippen LogP contribution in [0.15, 0.2) is 0 Å². The zero-order valence-corrected chi connectivity index (χ0v) is 11.5. The number of carbonyl (C=O) groups excluding carboxylic acids is 1. The second-order valence-corrected chi connectivity index (χ2v) is 5.82. The first kappa shape index (κ1) is 14.3. The summed E-state index contributed by atoms with van der Waals surface area (Å²) in [4.78, 5) is 24.9. The zero-order chi connectivity index (χ0) is 13.8. The van der Waals surface area contributed by atoms with Gasteiger partial charge in [-0.05, 0) is 31.1 Å². The van der Waals surface area contributed by atoms with Gasteiger partial charge < -0.3 is 14.7 Å². The number of carboxylic acid groups (broad SMARTS) is 1. The number of hydrogen-bond acceptors (Lipinski definition) is 3. The topological polar surface area (TPSA) is 66.8 Å². The van der Waals surface area contributed by atoms with E-state index in [0.717, 1.165) is 32.5 Å². The molecular weight excluding hydrogens is 246 g/mol. The van der Waals surface area contributed by atoms with Gasteiger partial charge in [0.15, 0.2) is 0 Å².